The summed E-state index contributed by atoms with van der Waals surface area (Å²) in [7, 11) is -2.25. The average Bonchev–Trinajstić information content (AvgIpc) is 2.95. The van der Waals surface area contributed by atoms with Crippen molar-refractivity contribution < 1.29 is 13.2 Å². The molecule has 2 aliphatic rings. The molecule has 7 nitrogen and oxygen atoms in total. The topological polar surface area (TPSA) is 73.8 Å². The second-order valence-electron chi connectivity index (χ2n) is 7.99. The zero-order chi connectivity index (χ0) is 20.0. The number of carbonyl (C=O) groups excluding carboxylic acids is 1. The van der Waals surface area contributed by atoms with Crippen molar-refractivity contribution in [2.24, 2.45) is 5.92 Å². The van der Waals surface area contributed by atoms with Crippen LogP contribution < -0.4 is 0 Å². The van der Waals surface area contributed by atoms with Crippen molar-refractivity contribution >= 4 is 15.9 Å². The maximum atomic E-state index is 12.7. The molecule has 1 saturated carbocycles. The van der Waals surface area contributed by atoms with Gasteiger partial charge in [-0.1, -0.05) is 19.3 Å². The molecule has 0 radical (unpaired) electrons. The Labute approximate surface area is 168 Å². The molecule has 2 heterocycles. The van der Waals surface area contributed by atoms with Crippen LogP contribution in [0.1, 0.15) is 38.5 Å². The fraction of sp³-hybridized carbons (Fsp3) is 0.700. The van der Waals surface area contributed by atoms with E-state index in [1.807, 2.05) is 4.90 Å². The van der Waals surface area contributed by atoms with Gasteiger partial charge in [-0.2, -0.15) is 4.31 Å². The van der Waals surface area contributed by atoms with Gasteiger partial charge in [0.2, 0.25) is 15.9 Å². The van der Waals surface area contributed by atoms with Gasteiger partial charge in [0.1, 0.15) is 4.90 Å². The Bertz CT molecular complexity index is 735. The summed E-state index contributed by atoms with van der Waals surface area (Å²) < 4.78 is 26.3. The van der Waals surface area contributed by atoms with Crippen LogP contribution in [0.3, 0.4) is 0 Å². The minimum atomic E-state index is -3.70. The Morgan fingerprint density at radius 3 is 2.64 bits per heavy atom. The molecule has 0 atom stereocenters. The predicted octanol–water partition coefficient (Wildman–Crippen LogP) is 1.82. The highest BCUT2D eigenvalue weighted by Crippen LogP contribution is 2.24. The lowest BCUT2D eigenvalue weighted by molar-refractivity contribution is -0.131. The third kappa shape index (κ3) is 5.52. The van der Waals surface area contributed by atoms with Gasteiger partial charge in [-0.25, -0.2) is 8.42 Å². The van der Waals surface area contributed by atoms with Crippen molar-refractivity contribution in [2.45, 2.75) is 43.4 Å². The third-order valence-corrected chi connectivity index (χ3v) is 7.67. The molecule has 2 fully saturated rings. The summed E-state index contributed by atoms with van der Waals surface area (Å²) in [5, 5.41) is 0. The summed E-state index contributed by atoms with van der Waals surface area (Å²) in [5.41, 5.74) is 0. The Morgan fingerprint density at radius 2 is 1.93 bits per heavy atom. The smallest absolute Gasteiger partial charge is 0.244 e. The van der Waals surface area contributed by atoms with E-state index in [-0.39, 0.29) is 17.3 Å². The second kappa shape index (κ2) is 9.80. The predicted molar refractivity (Wildman–Crippen MR) is 108 cm³/mol. The summed E-state index contributed by atoms with van der Waals surface area (Å²) >= 11 is 0. The molecule has 1 saturated heterocycles. The van der Waals surface area contributed by atoms with Gasteiger partial charge in [0.05, 0.1) is 6.54 Å². The van der Waals surface area contributed by atoms with Crippen molar-refractivity contribution in [3.8, 4) is 0 Å². The van der Waals surface area contributed by atoms with Gasteiger partial charge in [-0.15, -0.1) is 0 Å². The lowest BCUT2D eigenvalue weighted by atomic mass is 9.89. The van der Waals surface area contributed by atoms with Crippen molar-refractivity contribution in [1.82, 2.24) is 19.1 Å². The highest BCUT2D eigenvalue weighted by molar-refractivity contribution is 7.89. The molecule has 0 spiro atoms. The summed E-state index contributed by atoms with van der Waals surface area (Å²) in [5.74, 6) is 0.668. The number of likely N-dealkylation sites (N-methyl/N-ethyl adjacent to an activating group) is 1. The van der Waals surface area contributed by atoms with Gasteiger partial charge < -0.3 is 9.80 Å². The maximum Gasteiger partial charge on any atom is 0.244 e. The van der Waals surface area contributed by atoms with E-state index >= 15 is 0 Å². The Kier molecular flexibility index (Phi) is 7.42. The van der Waals surface area contributed by atoms with Gasteiger partial charge in [0.15, 0.2) is 0 Å². The van der Waals surface area contributed by atoms with Gasteiger partial charge in [-0.05, 0) is 43.9 Å². The molecule has 3 rings (SSSR count). The minimum Gasteiger partial charge on any atom is -0.340 e. The van der Waals surface area contributed by atoms with Gasteiger partial charge in [0.25, 0.3) is 0 Å². The lowest BCUT2D eigenvalue weighted by Crippen LogP contribution is -2.43. The van der Waals surface area contributed by atoms with Crippen molar-refractivity contribution in [3.05, 3.63) is 24.5 Å². The van der Waals surface area contributed by atoms with Crippen molar-refractivity contribution in [1.29, 1.82) is 0 Å². The molecule has 28 heavy (non-hydrogen) atoms. The fourth-order valence-electron chi connectivity index (χ4n) is 4.19. The number of amides is 1. The molecule has 0 aromatic carbocycles. The van der Waals surface area contributed by atoms with Gasteiger partial charge in [-0.3, -0.25) is 9.78 Å². The molecule has 0 unspecified atom stereocenters. The summed E-state index contributed by atoms with van der Waals surface area (Å²) in [6.07, 6.45) is 10.5. The summed E-state index contributed by atoms with van der Waals surface area (Å²) in [6.45, 7) is 4.26. The zero-order valence-electron chi connectivity index (χ0n) is 16.8. The first kappa shape index (κ1) is 21.2. The number of rotatable bonds is 6. The molecule has 156 valence electrons. The molecule has 1 aliphatic carbocycles. The normalized spacial score (nSPS) is 20.3. The largest absolute Gasteiger partial charge is 0.340 e. The van der Waals surface area contributed by atoms with Crippen LogP contribution >= 0.6 is 0 Å². The van der Waals surface area contributed by atoms with E-state index in [1.165, 1.54) is 57.6 Å². The number of aromatic nitrogens is 1. The first-order valence-corrected chi connectivity index (χ1v) is 11.8. The second-order valence-corrected chi connectivity index (χ2v) is 10.0. The van der Waals surface area contributed by atoms with E-state index in [0.29, 0.717) is 13.1 Å². The van der Waals surface area contributed by atoms with Crippen molar-refractivity contribution in [2.75, 3.05) is 46.3 Å². The van der Waals surface area contributed by atoms with E-state index in [9.17, 15) is 13.2 Å². The Hall–Kier alpha value is -1.51. The Balaban J connectivity index is 1.51. The molecule has 1 aliphatic heterocycles. The fourth-order valence-corrected chi connectivity index (χ4v) is 5.28. The third-order valence-electron chi connectivity index (χ3n) is 5.88. The molecule has 1 aromatic heterocycles. The SMILES string of the molecule is CN(CC(=O)N1CCCN(CC2CCCCC2)CC1)S(=O)(=O)c1cccnc1. The molecular weight excluding hydrogens is 376 g/mol. The highest BCUT2D eigenvalue weighted by atomic mass is 32.2. The molecule has 0 N–H and O–H groups in total. The van der Waals surface area contributed by atoms with Crippen LogP contribution in [0, 0.1) is 5.92 Å². The molecule has 1 amide bonds. The average molecular weight is 409 g/mol. The Morgan fingerprint density at radius 1 is 1.14 bits per heavy atom. The van der Waals surface area contributed by atoms with Gasteiger partial charge >= 0.3 is 0 Å². The van der Waals surface area contributed by atoms with Crippen LogP contribution in [0.15, 0.2) is 29.4 Å². The monoisotopic (exact) mass is 408 g/mol. The van der Waals surface area contributed by atoms with Crippen LogP contribution in [0.2, 0.25) is 0 Å². The van der Waals surface area contributed by atoms with Crippen LogP contribution in [-0.2, 0) is 14.8 Å². The summed E-state index contributed by atoms with van der Waals surface area (Å²) in [6, 6.07) is 3.08. The number of hydrogen-bond donors (Lipinski definition) is 0. The highest BCUT2D eigenvalue weighted by Gasteiger charge is 2.27. The van der Waals surface area contributed by atoms with E-state index in [2.05, 4.69) is 9.88 Å². The van der Waals surface area contributed by atoms with Gasteiger partial charge in [0, 0.05) is 45.6 Å². The number of hydrogen-bond acceptors (Lipinski definition) is 5. The molecule has 1 aromatic rings. The summed E-state index contributed by atoms with van der Waals surface area (Å²) in [4.78, 5) is 21.0. The zero-order valence-corrected chi connectivity index (χ0v) is 17.6. The number of nitrogens with zero attached hydrogens (tertiary/aromatic N) is 4. The number of sulfonamides is 1. The van der Waals surface area contributed by atoms with E-state index < -0.39 is 10.0 Å². The quantitative estimate of drug-likeness (QED) is 0.718. The van der Waals surface area contributed by atoms with E-state index in [1.54, 1.807) is 6.07 Å². The number of pyridine rings is 1. The van der Waals surface area contributed by atoms with Crippen LogP contribution in [0.4, 0.5) is 0 Å². The van der Waals surface area contributed by atoms with E-state index in [0.717, 1.165) is 36.3 Å². The molecule has 0 bridgehead atoms. The molecular formula is C20H32N4O3S. The van der Waals surface area contributed by atoms with Crippen LogP contribution in [-0.4, -0.2) is 79.7 Å². The first-order chi connectivity index (χ1) is 13.5. The van der Waals surface area contributed by atoms with E-state index in [4.69, 9.17) is 0 Å². The minimum absolute atomic E-state index is 0.111. The lowest BCUT2D eigenvalue weighted by Gasteiger charge is -2.29. The molecule has 8 heteroatoms. The number of carbonyl (C=O) groups is 1. The first-order valence-electron chi connectivity index (χ1n) is 10.3. The standard InChI is InChI=1S/C20H32N4O3S/c1-22(28(26,27)19-9-5-10-21-15-19)17-20(25)24-12-6-11-23(13-14-24)16-18-7-3-2-4-8-18/h5,9-10,15,18H,2-4,6-8,11-14,16-17H2,1H3. The van der Waals surface area contributed by atoms with Crippen molar-refractivity contribution in [3.63, 3.8) is 0 Å². The van der Waals surface area contributed by atoms with Crippen LogP contribution in [0.25, 0.3) is 0 Å². The maximum absolute atomic E-state index is 12.7. The van der Waals surface area contributed by atoms with Crippen LogP contribution in [0.5, 0.6) is 0 Å².